The molecule has 1 saturated heterocycles. The molecule has 258 valence electrons. The normalized spacial score (nSPS) is 13.9. The zero-order valence-corrected chi connectivity index (χ0v) is 28.2. The van der Waals surface area contributed by atoms with Gasteiger partial charge in [-0.05, 0) is 85.1 Å². The summed E-state index contributed by atoms with van der Waals surface area (Å²) < 4.78 is 51.9. The number of hydrogen-bond donors (Lipinski definition) is 3. The molecule has 4 aromatic rings. The number of pyridine rings is 1. The predicted octanol–water partition coefficient (Wildman–Crippen LogP) is 5.39. The number of aromatic nitrogens is 1. The first-order valence-corrected chi connectivity index (χ1v) is 17.3. The van der Waals surface area contributed by atoms with Gasteiger partial charge < -0.3 is 20.5 Å². The molecule has 3 amide bonds. The summed E-state index contributed by atoms with van der Waals surface area (Å²) >= 11 is 6.11. The Morgan fingerprint density at radius 1 is 1.04 bits per heavy atom. The molecular formula is C34H36ClFN6O6S. The largest absolute Gasteiger partial charge is 0.439 e. The number of carbonyl (C=O) groups is 2. The number of amides is 3. The molecule has 2 heterocycles. The van der Waals surface area contributed by atoms with Crippen molar-refractivity contribution < 1.29 is 31.9 Å². The fourth-order valence-corrected chi connectivity index (χ4v) is 6.54. The Morgan fingerprint density at radius 3 is 2.39 bits per heavy atom. The molecule has 49 heavy (non-hydrogen) atoms. The fraction of sp³-hybridized carbons (Fsp3) is 0.265. The number of rotatable bonds is 13. The lowest BCUT2D eigenvalue weighted by Gasteiger charge is -2.38. The zero-order valence-electron chi connectivity index (χ0n) is 26.6. The van der Waals surface area contributed by atoms with Crippen molar-refractivity contribution >= 4 is 44.9 Å². The minimum Gasteiger partial charge on any atom is -0.439 e. The topological polar surface area (TPSA) is 156 Å². The summed E-state index contributed by atoms with van der Waals surface area (Å²) in [6, 6.07) is 19.8. The number of primary amides is 1. The number of methoxy groups -OCH3 is 1. The molecule has 1 aliphatic rings. The van der Waals surface area contributed by atoms with Crippen LogP contribution < -0.4 is 25.4 Å². The van der Waals surface area contributed by atoms with Gasteiger partial charge in [-0.15, -0.1) is 0 Å². The third-order valence-corrected chi connectivity index (χ3v) is 9.62. The van der Waals surface area contributed by atoms with Crippen molar-refractivity contribution in [3.63, 3.8) is 0 Å². The number of urea groups is 1. The van der Waals surface area contributed by atoms with E-state index in [1.165, 1.54) is 31.4 Å². The number of piperidine rings is 1. The maximum atomic E-state index is 14.0. The lowest BCUT2D eigenvalue weighted by molar-refractivity contribution is 0.0996. The molecule has 1 fully saturated rings. The van der Waals surface area contributed by atoms with Gasteiger partial charge in [0.2, 0.25) is 15.9 Å². The van der Waals surface area contributed by atoms with Crippen molar-refractivity contribution in [1.82, 2.24) is 14.6 Å². The molecule has 0 aliphatic carbocycles. The van der Waals surface area contributed by atoms with Gasteiger partial charge in [-0.1, -0.05) is 17.7 Å². The molecule has 0 bridgehead atoms. The lowest BCUT2D eigenvalue weighted by Crippen LogP contribution is -2.49. The van der Waals surface area contributed by atoms with Gasteiger partial charge in [-0.2, -0.15) is 0 Å². The highest BCUT2D eigenvalue weighted by atomic mass is 35.5. The van der Waals surface area contributed by atoms with Gasteiger partial charge in [0.1, 0.15) is 11.6 Å². The first-order chi connectivity index (χ1) is 23.5. The number of nitrogens with one attached hydrogen (secondary N) is 2. The number of halogens is 2. The highest BCUT2D eigenvalue weighted by Gasteiger charge is 2.30. The molecular weight excluding hydrogens is 675 g/mol. The average molecular weight is 711 g/mol. The van der Waals surface area contributed by atoms with Crippen LogP contribution in [0.3, 0.4) is 0 Å². The number of ether oxygens (including phenoxy) is 2. The fourth-order valence-electron chi connectivity index (χ4n) is 5.40. The standard InChI is InChI=1S/C34H36ClFN6O6S/c1-47-19-16-39-49(45,46)29-10-8-28(9-11-29)48-32-13-2-23(21-38-32)22-41-17-14-27(15-18-41)42(26-6-3-24(35)4-7-26)34(44)40-25-5-12-31(36)30(20-25)33(37)43/h2-13,20-21,27,39H,14-19,22H2,1H3,(H2,37,43)(H,40,44). The van der Waals surface area contributed by atoms with Gasteiger partial charge >= 0.3 is 6.03 Å². The number of nitrogens with zero attached hydrogens (tertiary/aromatic N) is 3. The highest BCUT2D eigenvalue weighted by molar-refractivity contribution is 7.89. The summed E-state index contributed by atoms with van der Waals surface area (Å²) in [6.45, 7) is 2.49. The van der Waals surface area contributed by atoms with E-state index in [9.17, 15) is 22.4 Å². The number of benzene rings is 3. The minimum absolute atomic E-state index is 0.117. The number of carbonyl (C=O) groups excluding carboxylic acids is 2. The van der Waals surface area contributed by atoms with Gasteiger partial charge in [-0.25, -0.2) is 27.3 Å². The van der Waals surface area contributed by atoms with Crippen LogP contribution in [0.15, 0.2) is 90.0 Å². The van der Waals surface area contributed by atoms with Crippen LogP contribution in [0.2, 0.25) is 5.02 Å². The summed E-state index contributed by atoms with van der Waals surface area (Å²) in [5.74, 6) is -0.886. The quantitative estimate of drug-likeness (QED) is 0.156. The van der Waals surface area contributed by atoms with Crippen LogP contribution in [0.1, 0.15) is 28.8 Å². The van der Waals surface area contributed by atoms with Crippen LogP contribution in [0.25, 0.3) is 0 Å². The van der Waals surface area contributed by atoms with Gasteiger partial charge in [0, 0.05) is 68.0 Å². The molecule has 0 radical (unpaired) electrons. The van der Waals surface area contributed by atoms with Crippen LogP contribution in [0.5, 0.6) is 11.6 Å². The van der Waals surface area contributed by atoms with Crippen LogP contribution >= 0.6 is 11.6 Å². The second-order valence-electron chi connectivity index (χ2n) is 11.3. The molecule has 0 unspecified atom stereocenters. The highest BCUT2D eigenvalue weighted by Crippen LogP contribution is 2.28. The molecule has 1 aliphatic heterocycles. The van der Waals surface area contributed by atoms with Gasteiger partial charge in [0.25, 0.3) is 5.91 Å². The summed E-state index contributed by atoms with van der Waals surface area (Å²) in [5.41, 5.74) is 6.83. The number of hydrogen-bond acceptors (Lipinski definition) is 8. The zero-order chi connectivity index (χ0) is 35.0. The van der Waals surface area contributed by atoms with Crippen LogP contribution in [-0.2, 0) is 21.3 Å². The summed E-state index contributed by atoms with van der Waals surface area (Å²) in [7, 11) is -2.15. The monoisotopic (exact) mass is 710 g/mol. The Labute approximate surface area is 289 Å². The SMILES string of the molecule is COCCNS(=O)(=O)c1ccc(Oc2ccc(CN3CCC(N(C(=O)Nc4ccc(F)c(C(N)=O)c4)c4ccc(Cl)cc4)CC3)cn2)cc1. The minimum atomic E-state index is -3.65. The van der Waals surface area contributed by atoms with Gasteiger partial charge in [0.15, 0.2) is 0 Å². The number of likely N-dealkylation sites (tertiary alicyclic amines) is 1. The summed E-state index contributed by atoms with van der Waals surface area (Å²) in [6.07, 6.45) is 3.08. The molecule has 0 atom stereocenters. The van der Waals surface area contributed by atoms with E-state index in [2.05, 4.69) is 19.9 Å². The molecule has 12 nitrogen and oxygen atoms in total. The lowest BCUT2D eigenvalue weighted by atomic mass is 10.0. The molecule has 0 spiro atoms. The Morgan fingerprint density at radius 2 is 1.76 bits per heavy atom. The van der Waals surface area contributed by atoms with E-state index in [0.717, 1.165) is 11.6 Å². The van der Waals surface area contributed by atoms with Crippen LogP contribution in [0, 0.1) is 5.82 Å². The average Bonchev–Trinajstić information content (AvgIpc) is 3.08. The Bertz CT molecular complexity index is 1860. The van der Waals surface area contributed by atoms with E-state index in [-0.39, 0.29) is 35.3 Å². The smallest absolute Gasteiger partial charge is 0.326 e. The molecule has 4 N–H and O–H groups in total. The first-order valence-electron chi connectivity index (χ1n) is 15.4. The summed E-state index contributed by atoms with van der Waals surface area (Å²) in [5, 5.41) is 3.31. The van der Waals surface area contributed by atoms with E-state index >= 15 is 0 Å². The van der Waals surface area contributed by atoms with Crippen LogP contribution in [-0.4, -0.2) is 69.6 Å². The molecule has 5 rings (SSSR count). The Kier molecular flexibility index (Phi) is 11.8. The maximum Gasteiger partial charge on any atom is 0.326 e. The number of anilines is 2. The summed E-state index contributed by atoms with van der Waals surface area (Å²) in [4.78, 5) is 33.7. The second-order valence-corrected chi connectivity index (χ2v) is 13.5. The van der Waals surface area contributed by atoms with E-state index < -0.39 is 27.8 Å². The van der Waals surface area contributed by atoms with Crippen molar-refractivity contribution in [2.24, 2.45) is 5.73 Å². The van der Waals surface area contributed by atoms with Gasteiger partial charge in [0.05, 0.1) is 17.1 Å². The van der Waals surface area contributed by atoms with Crippen molar-refractivity contribution in [3.8, 4) is 11.6 Å². The number of nitrogens with two attached hydrogens (primary N) is 1. The first kappa shape index (κ1) is 35.7. The van der Waals surface area contributed by atoms with Gasteiger partial charge in [-0.3, -0.25) is 14.6 Å². The second kappa shape index (κ2) is 16.2. The molecule has 0 saturated carbocycles. The molecule has 1 aromatic heterocycles. The van der Waals surface area contributed by atoms with Crippen molar-refractivity contribution in [2.75, 3.05) is 43.6 Å². The third kappa shape index (κ3) is 9.52. The molecule has 15 heteroatoms. The predicted molar refractivity (Wildman–Crippen MR) is 184 cm³/mol. The van der Waals surface area contributed by atoms with E-state index in [1.807, 2.05) is 6.07 Å². The van der Waals surface area contributed by atoms with E-state index in [1.54, 1.807) is 53.6 Å². The van der Waals surface area contributed by atoms with Crippen molar-refractivity contribution in [1.29, 1.82) is 0 Å². The van der Waals surface area contributed by atoms with Crippen LogP contribution in [0.4, 0.5) is 20.6 Å². The maximum absolute atomic E-state index is 14.0. The Balaban J connectivity index is 1.18. The number of sulfonamides is 1. The van der Waals surface area contributed by atoms with E-state index in [0.29, 0.717) is 54.8 Å². The Hall–Kier alpha value is -4.60. The molecule has 3 aromatic carbocycles. The van der Waals surface area contributed by atoms with Crippen molar-refractivity contribution in [3.05, 3.63) is 107 Å². The van der Waals surface area contributed by atoms with Crippen molar-refractivity contribution in [2.45, 2.75) is 30.3 Å². The third-order valence-electron chi connectivity index (χ3n) is 7.89. The van der Waals surface area contributed by atoms with E-state index in [4.69, 9.17) is 26.8 Å².